The molecule has 148 valence electrons. The van der Waals surface area contributed by atoms with Gasteiger partial charge in [-0.25, -0.2) is 0 Å². The van der Waals surface area contributed by atoms with Crippen LogP contribution in [0.5, 0.6) is 0 Å². The Hall–Kier alpha value is -1.76. The number of hydrogen-bond donors (Lipinski definition) is 0. The van der Waals surface area contributed by atoms with Crippen molar-refractivity contribution < 1.29 is 9.53 Å². The Morgan fingerprint density at radius 2 is 2.11 bits per heavy atom. The second-order valence-corrected chi connectivity index (χ2v) is 9.55. The van der Waals surface area contributed by atoms with Crippen LogP contribution in [-0.4, -0.2) is 27.6 Å². The number of carbonyl (C=O) groups excluding carboxylic acids is 1. The van der Waals surface area contributed by atoms with E-state index in [2.05, 4.69) is 38.0 Å². The molecular weight excluding hydrogens is 362 g/mol. The van der Waals surface area contributed by atoms with Gasteiger partial charge in [0.05, 0.1) is 12.0 Å². The molecule has 0 fully saturated rings. The van der Waals surface area contributed by atoms with Crippen molar-refractivity contribution in [1.29, 1.82) is 0 Å². The van der Waals surface area contributed by atoms with Crippen molar-refractivity contribution in [2.75, 3.05) is 6.61 Å². The first-order chi connectivity index (χ1) is 12.8. The van der Waals surface area contributed by atoms with Crippen molar-refractivity contribution in [2.24, 2.45) is 11.3 Å². The van der Waals surface area contributed by atoms with E-state index in [1.165, 1.54) is 4.88 Å². The van der Waals surface area contributed by atoms with E-state index in [4.69, 9.17) is 4.74 Å². The van der Waals surface area contributed by atoms with Crippen molar-refractivity contribution in [2.45, 2.75) is 72.8 Å². The molecule has 0 aliphatic heterocycles. The van der Waals surface area contributed by atoms with Crippen molar-refractivity contribution in [1.82, 2.24) is 15.0 Å². The summed E-state index contributed by atoms with van der Waals surface area (Å²) in [6.45, 7) is 9.12. The fourth-order valence-electron chi connectivity index (χ4n) is 3.68. The number of ether oxygens (including phenoxy) is 1. The Morgan fingerprint density at radius 3 is 2.81 bits per heavy atom. The Kier molecular flexibility index (Phi) is 5.99. The smallest absolute Gasteiger partial charge is 0.327 e. The highest BCUT2D eigenvalue weighted by Gasteiger charge is 2.32. The molecule has 2 aromatic heterocycles. The molecule has 0 aromatic carbocycles. The maximum atomic E-state index is 12.9. The molecule has 1 aliphatic carbocycles. The Balaban J connectivity index is 1.80. The maximum Gasteiger partial charge on any atom is 0.327 e. The van der Waals surface area contributed by atoms with Crippen LogP contribution in [0, 0.1) is 11.3 Å². The summed E-state index contributed by atoms with van der Waals surface area (Å²) in [6.07, 6.45) is 5.88. The van der Waals surface area contributed by atoms with Crippen LogP contribution in [0.3, 0.4) is 0 Å². The van der Waals surface area contributed by atoms with Crippen LogP contribution in [0.25, 0.3) is 10.2 Å². The lowest BCUT2D eigenvalue weighted by molar-refractivity contribution is -0.144. The first kappa shape index (κ1) is 20.0. The second-order valence-electron chi connectivity index (χ2n) is 8.47. The maximum absolute atomic E-state index is 12.9. The first-order valence-electron chi connectivity index (χ1n) is 9.85. The number of thiophene rings is 1. The fraction of sp³-hybridized carbons (Fsp3) is 0.700. The molecule has 0 unspecified atom stereocenters. The topological polar surface area (TPSA) is 74.1 Å². The highest BCUT2D eigenvalue weighted by atomic mass is 32.1. The van der Waals surface area contributed by atoms with Crippen LogP contribution in [0.15, 0.2) is 4.79 Å². The van der Waals surface area contributed by atoms with E-state index in [0.717, 1.165) is 48.8 Å². The summed E-state index contributed by atoms with van der Waals surface area (Å²) in [7, 11) is 0. The molecule has 0 radical (unpaired) electrons. The van der Waals surface area contributed by atoms with Gasteiger partial charge in [-0.15, -0.1) is 16.4 Å². The molecule has 0 saturated heterocycles. The first-order valence-corrected chi connectivity index (χ1v) is 10.7. The lowest BCUT2D eigenvalue weighted by Crippen LogP contribution is -2.30. The second kappa shape index (κ2) is 8.09. The third kappa shape index (κ3) is 4.39. The summed E-state index contributed by atoms with van der Waals surface area (Å²) >= 11 is 1.58. The Bertz CT molecular complexity index is 879. The number of aromatic nitrogens is 3. The summed E-state index contributed by atoms with van der Waals surface area (Å²) in [6, 6.07) is 0. The number of esters is 1. The van der Waals surface area contributed by atoms with Gasteiger partial charge in [0, 0.05) is 4.88 Å². The van der Waals surface area contributed by atoms with Crippen LogP contribution >= 0.6 is 11.3 Å². The molecule has 1 atom stereocenters. The van der Waals surface area contributed by atoms with Crippen molar-refractivity contribution >= 4 is 27.5 Å². The predicted molar refractivity (Wildman–Crippen MR) is 107 cm³/mol. The highest BCUT2D eigenvalue weighted by Crippen LogP contribution is 2.41. The van der Waals surface area contributed by atoms with Crippen LogP contribution in [0.1, 0.15) is 63.8 Å². The van der Waals surface area contributed by atoms with Gasteiger partial charge in [0.1, 0.15) is 6.54 Å². The van der Waals surface area contributed by atoms with Crippen LogP contribution in [0.2, 0.25) is 0 Å². The minimum Gasteiger partial charge on any atom is -0.464 e. The molecule has 7 heteroatoms. The van der Waals surface area contributed by atoms with Crippen LogP contribution in [0.4, 0.5) is 0 Å². The quantitative estimate of drug-likeness (QED) is 0.554. The van der Waals surface area contributed by atoms with Gasteiger partial charge in [0.25, 0.3) is 5.56 Å². The zero-order valence-corrected chi connectivity index (χ0v) is 17.5. The standard InChI is InChI=1S/C20H29N3O3S/c1-5-6-7-10-26-16(24)12-23-19(25)17-14-9-8-13(20(2,3)4)11-15(14)27-18(17)21-22-23/h13H,5-12H2,1-4H3/t13-/m0/s1. The number of hydrogen-bond acceptors (Lipinski definition) is 6. The zero-order valence-electron chi connectivity index (χ0n) is 16.7. The average molecular weight is 392 g/mol. The van der Waals surface area contributed by atoms with E-state index >= 15 is 0 Å². The van der Waals surface area contributed by atoms with Gasteiger partial charge in [-0.2, -0.15) is 4.68 Å². The van der Waals surface area contributed by atoms with E-state index in [9.17, 15) is 9.59 Å². The van der Waals surface area contributed by atoms with Gasteiger partial charge < -0.3 is 4.74 Å². The predicted octanol–water partition coefficient (Wildman–Crippen LogP) is 3.74. The van der Waals surface area contributed by atoms with Gasteiger partial charge >= 0.3 is 5.97 Å². The van der Waals surface area contributed by atoms with Crippen LogP contribution < -0.4 is 5.56 Å². The molecule has 0 saturated carbocycles. The average Bonchev–Trinajstić information content (AvgIpc) is 2.99. The van der Waals surface area contributed by atoms with Crippen molar-refractivity contribution in [3.63, 3.8) is 0 Å². The molecule has 0 bridgehead atoms. The van der Waals surface area contributed by atoms with E-state index in [1.807, 2.05) is 0 Å². The third-order valence-corrected chi connectivity index (χ3v) is 6.59. The van der Waals surface area contributed by atoms with E-state index in [0.29, 0.717) is 22.7 Å². The highest BCUT2D eigenvalue weighted by molar-refractivity contribution is 7.18. The molecule has 6 nitrogen and oxygen atoms in total. The van der Waals surface area contributed by atoms with Gasteiger partial charge in [0.15, 0.2) is 4.83 Å². The van der Waals surface area contributed by atoms with Crippen molar-refractivity contribution in [3.05, 3.63) is 20.8 Å². The SMILES string of the molecule is CCCCCOC(=O)Cn1nnc2sc3c(c2c1=O)CC[C@H](C(C)(C)C)C3. The van der Waals surface area contributed by atoms with Crippen LogP contribution in [-0.2, 0) is 28.9 Å². The minimum absolute atomic E-state index is 0.177. The largest absolute Gasteiger partial charge is 0.464 e. The number of nitrogens with zero attached hydrogens (tertiary/aromatic N) is 3. The van der Waals surface area contributed by atoms with Crippen molar-refractivity contribution in [3.8, 4) is 0 Å². The normalized spacial score (nSPS) is 17.1. The molecule has 27 heavy (non-hydrogen) atoms. The van der Waals surface area contributed by atoms with E-state index < -0.39 is 5.97 Å². The van der Waals surface area contributed by atoms with E-state index in [-0.39, 0.29) is 17.5 Å². The summed E-state index contributed by atoms with van der Waals surface area (Å²) in [4.78, 5) is 26.8. The van der Waals surface area contributed by atoms with Gasteiger partial charge in [-0.05, 0) is 42.6 Å². The Labute approximate surface area is 163 Å². The summed E-state index contributed by atoms with van der Waals surface area (Å²) in [5.41, 5.74) is 1.14. The fourth-order valence-corrected chi connectivity index (χ4v) is 4.91. The molecule has 2 heterocycles. The molecule has 0 N–H and O–H groups in total. The number of rotatable bonds is 6. The number of fused-ring (bicyclic) bond motifs is 3. The zero-order chi connectivity index (χ0) is 19.6. The molecule has 1 aliphatic rings. The lowest BCUT2D eigenvalue weighted by atomic mass is 9.72. The minimum atomic E-state index is -0.432. The van der Waals surface area contributed by atoms with Gasteiger partial charge in [-0.1, -0.05) is 45.7 Å². The molecule has 0 spiro atoms. The monoisotopic (exact) mass is 391 g/mol. The number of aryl methyl sites for hydroxylation is 1. The molecule has 2 aromatic rings. The van der Waals surface area contributed by atoms with E-state index in [1.54, 1.807) is 11.3 Å². The summed E-state index contributed by atoms with van der Waals surface area (Å²) in [5, 5.41) is 8.84. The molecule has 3 rings (SSSR count). The number of unbranched alkanes of at least 4 members (excludes halogenated alkanes) is 2. The molecule has 0 amide bonds. The summed E-state index contributed by atoms with van der Waals surface area (Å²) in [5.74, 6) is 0.171. The number of carbonyl (C=O) groups is 1. The summed E-state index contributed by atoms with van der Waals surface area (Å²) < 4.78 is 6.34. The van der Waals surface area contributed by atoms with Gasteiger partial charge in [0.2, 0.25) is 0 Å². The third-order valence-electron chi connectivity index (χ3n) is 5.45. The molecular formula is C20H29N3O3S. The lowest BCUT2D eigenvalue weighted by Gasteiger charge is -2.33. The Morgan fingerprint density at radius 1 is 1.33 bits per heavy atom. The van der Waals surface area contributed by atoms with Gasteiger partial charge in [-0.3, -0.25) is 9.59 Å².